The van der Waals surface area contributed by atoms with Gasteiger partial charge in [0.05, 0.1) is 12.6 Å². The summed E-state index contributed by atoms with van der Waals surface area (Å²) in [6.45, 7) is 6.26. The number of rotatable bonds is 4. The van der Waals surface area contributed by atoms with Gasteiger partial charge in [-0.2, -0.15) is 5.26 Å². The highest BCUT2D eigenvalue weighted by molar-refractivity contribution is 5.03. The van der Waals surface area contributed by atoms with Gasteiger partial charge in [-0.25, -0.2) is 0 Å². The summed E-state index contributed by atoms with van der Waals surface area (Å²) in [5, 5.41) is 9.01. The molecule has 4 saturated carbocycles. The molecule has 0 heterocycles. The van der Waals surface area contributed by atoms with Crippen LogP contribution in [0, 0.1) is 34.5 Å². The predicted molar refractivity (Wildman–Crippen MR) is 72.9 cm³/mol. The van der Waals surface area contributed by atoms with Gasteiger partial charge in [0.2, 0.25) is 0 Å². The lowest BCUT2D eigenvalue weighted by atomic mass is 9.49. The summed E-state index contributed by atoms with van der Waals surface area (Å²) in [7, 11) is 0. The fourth-order valence-electron chi connectivity index (χ4n) is 5.43. The van der Waals surface area contributed by atoms with E-state index in [-0.39, 0.29) is 0 Å². The van der Waals surface area contributed by atoms with Crippen molar-refractivity contribution in [2.75, 3.05) is 13.1 Å². The molecule has 0 N–H and O–H groups in total. The Morgan fingerprint density at radius 2 is 1.61 bits per heavy atom. The van der Waals surface area contributed by atoms with Gasteiger partial charge < -0.3 is 0 Å². The van der Waals surface area contributed by atoms with Crippen LogP contribution < -0.4 is 0 Å². The summed E-state index contributed by atoms with van der Waals surface area (Å²) in [6, 6.07) is 2.87. The van der Waals surface area contributed by atoms with E-state index in [0.29, 0.717) is 18.0 Å². The van der Waals surface area contributed by atoms with E-state index in [0.717, 1.165) is 17.8 Å². The summed E-state index contributed by atoms with van der Waals surface area (Å²) in [4.78, 5) is 2.41. The highest BCUT2D eigenvalue weighted by atomic mass is 15.2. The van der Waals surface area contributed by atoms with E-state index < -0.39 is 0 Å². The normalized spacial score (nSPS) is 41.6. The van der Waals surface area contributed by atoms with E-state index in [9.17, 15) is 0 Å². The predicted octanol–water partition coefficient (Wildman–Crippen LogP) is 3.44. The fourth-order valence-corrected chi connectivity index (χ4v) is 5.43. The molecular weight excluding hydrogens is 220 g/mol. The second-order valence-corrected chi connectivity index (χ2v) is 7.57. The monoisotopic (exact) mass is 246 g/mol. The smallest absolute Gasteiger partial charge is 0.0868 e. The largest absolute Gasteiger partial charge is 0.288 e. The second kappa shape index (κ2) is 4.53. The van der Waals surface area contributed by atoms with Crippen molar-refractivity contribution in [2.24, 2.45) is 23.2 Å². The Morgan fingerprint density at radius 1 is 1.11 bits per heavy atom. The Balaban J connectivity index is 1.73. The zero-order chi connectivity index (χ0) is 12.8. The maximum atomic E-state index is 9.01. The number of nitriles is 1. The van der Waals surface area contributed by atoms with Crippen LogP contribution in [0.25, 0.3) is 0 Å². The van der Waals surface area contributed by atoms with Gasteiger partial charge >= 0.3 is 0 Å². The third-order valence-corrected chi connectivity index (χ3v) is 5.71. The third kappa shape index (κ3) is 2.18. The standard InChI is InChI=1S/C16H26N2/c1-12(2)18(4-3-17)11-16-8-13-5-14(9-16)7-15(6-13)10-16/h12-15H,4-11H2,1-2H3. The summed E-state index contributed by atoms with van der Waals surface area (Å²) >= 11 is 0. The van der Waals surface area contributed by atoms with Crippen molar-refractivity contribution in [3.05, 3.63) is 0 Å². The molecule has 4 aliphatic carbocycles. The van der Waals surface area contributed by atoms with Crippen molar-refractivity contribution in [2.45, 2.75) is 58.4 Å². The Bertz CT molecular complexity index is 317. The van der Waals surface area contributed by atoms with Crippen LogP contribution >= 0.6 is 0 Å². The van der Waals surface area contributed by atoms with Crippen molar-refractivity contribution in [3.8, 4) is 6.07 Å². The fraction of sp³-hybridized carbons (Fsp3) is 0.938. The molecule has 2 heteroatoms. The van der Waals surface area contributed by atoms with Crippen LogP contribution in [-0.4, -0.2) is 24.0 Å². The molecule has 0 spiro atoms. The Morgan fingerprint density at radius 3 is 2.00 bits per heavy atom. The first-order valence-electron chi connectivity index (χ1n) is 7.71. The van der Waals surface area contributed by atoms with Crippen molar-refractivity contribution in [1.82, 2.24) is 4.90 Å². The third-order valence-electron chi connectivity index (χ3n) is 5.71. The van der Waals surface area contributed by atoms with E-state index in [1.165, 1.54) is 45.1 Å². The Labute approximate surface area is 111 Å². The Kier molecular flexibility index (Phi) is 3.14. The van der Waals surface area contributed by atoms with Gasteiger partial charge in [0, 0.05) is 12.6 Å². The van der Waals surface area contributed by atoms with E-state index in [2.05, 4.69) is 24.8 Å². The molecule has 100 valence electrons. The van der Waals surface area contributed by atoms with Gasteiger partial charge in [0.15, 0.2) is 0 Å². The summed E-state index contributed by atoms with van der Waals surface area (Å²) in [5.74, 6) is 3.06. The molecule has 4 aliphatic rings. The first-order chi connectivity index (χ1) is 8.60. The number of hydrogen-bond donors (Lipinski definition) is 0. The van der Waals surface area contributed by atoms with Crippen molar-refractivity contribution >= 4 is 0 Å². The van der Waals surface area contributed by atoms with Crippen LogP contribution in [0.5, 0.6) is 0 Å². The van der Waals surface area contributed by atoms with Crippen molar-refractivity contribution < 1.29 is 0 Å². The highest BCUT2D eigenvalue weighted by Crippen LogP contribution is 2.60. The molecule has 4 bridgehead atoms. The van der Waals surface area contributed by atoms with E-state index in [1.54, 1.807) is 0 Å². The molecule has 2 nitrogen and oxygen atoms in total. The number of hydrogen-bond acceptors (Lipinski definition) is 2. The molecule has 0 amide bonds. The quantitative estimate of drug-likeness (QED) is 0.711. The van der Waals surface area contributed by atoms with Crippen molar-refractivity contribution in [1.29, 1.82) is 5.26 Å². The molecule has 0 atom stereocenters. The van der Waals surface area contributed by atoms with E-state index in [1.807, 2.05) is 0 Å². The maximum absolute atomic E-state index is 9.01. The zero-order valence-electron chi connectivity index (χ0n) is 11.9. The van der Waals surface area contributed by atoms with Crippen molar-refractivity contribution in [3.63, 3.8) is 0 Å². The lowest BCUT2D eigenvalue weighted by Crippen LogP contribution is -2.52. The van der Waals surface area contributed by atoms with Crippen LogP contribution in [0.2, 0.25) is 0 Å². The SMILES string of the molecule is CC(C)N(CC#N)CC12CC3CC(CC(C3)C1)C2. The van der Waals surface area contributed by atoms with Gasteiger partial charge in [-0.05, 0) is 75.5 Å². The van der Waals surface area contributed by atoms with Crippen LogP contribution in [0.3, 0.4) is 0 Å². The van der Waals surface area contributed by atoms with Crippen LogP contribution in [0.1, 0.15) is 52.4 Å². The number of nitrogens with zero attached hydrogens (tertiary/aromatic N) is 2. The molecule has 0 aliphatic heterocycles. The first-order valence-corrected chi connectivity index (χ1v) is 7.71. The van der Waals surface area contributed by atoms with Crippen LogP contribution in [0.4, 0.5) is 0 Å². The average Bonchev–Trinajstić information content (AvgIpc) is 2.26. The molecule has 4 rings (SSSR count). The minimum absolute atomic E-state index is 0.512. The van der Waals surface area contributed by atoms with Crippen LogP contribution in [-0.2, 0) is 0 Å². The average molecular weight is 246 g/mol. The summed E-state index contributed by atoms with van der Waals surface area (Å²) in [5.41, 5.74) is 0.579. The molecule has 0 aromatic heterocycles. The second-order valence-electron chi connectivity index (χ2n) is 7.57. The lowest BCUT2D eigenvalue weighted by Gasteiger charge is -2.58. The molecule has 0 aromatic rings. The molecule has 18 heavy (non-hydrogen) atoms. The zero-order valence-corrected chi connectivity index (χ0v) is 11.9. The highest BCUT2D eigenvalue weighted by Gasteiger charge is 2.51. The topological polar surface area (TPSA) is 27.0 Å². The Hall–Kier alpha value is -0.550. The van der Waals surface area contributed by atoms with Crippen LogP contribution in [0.15, 0.2) is 0 Å². The molecule has 0 unspecified atom stereocenters. The minimum atomic E-state index is 0.512. The van der Waals surface area contributed by atoms with Gasteiger partial charge in [0.1, 0.15) is 0 Å². The van der Waals surface area contributed by atoms with E-state index in [4.69, 9.17) is 5.26 Å². The molecule has 0 aromatic carbocycles. The van der Waals surface area contributed by atoms with Gasteiger partial charge in [-0.1, -0.05) is 0 Å². The molecule has 0 radical (unpaired) electrons. The summed E-state index contributed by atoms with van der Waals surface area (Å²) in [6.07, 6.45) is 8.90. The van der Waals surface area contributed by atoms with Gasteiger partial charge in [0.25, 0.3) is 0 Å². The summed E-state index contributed by atoms with van der Waals surface area (Å²) < 4.78 is 0. The molecule has 0 saturated heterocycles. The maximum Gasteiger partial charge on any atom is 0.0868 e. The lowest BCUT2D eigenvalue weighted by molar-refractivity contribution is -0.0710. The van der Waals surface area contributed by atoms with E-state index >= 15 is 0 Å². The van der Waals surface area contributed by atoms with Gasteiger partial charge in [-0.3, -0.25) is 4.90 Å². The first kappa shape index (κ1) is 12.5. The molecular formula is C16H26N2. The minimum Gasteiger partial charge on any atom is -0.288 e. The van der Waals surface area contributed by atoms with Gasteiger partial charge in [-0.15, -0.1) is 0 Å². The molecule has 4 fully saturated rings.